The molecule has 2 nitrogen and oxygen atoms in total. The first-order valence-corrected chi connectivity index (χ1v) is 5.67. The largest absolute Gasteiger partial charge is 0.285 e. The van der Waals surface area contributed by atoms with Crippen LogP contribution in [0, 0.1) is 0 Å². The molecule has 0 radical (unpaired) electrons. The van der Waals surface area contributed by atoms with Crippen LogP contribution < -0.4 is 9.13 Å². The summed E-state index contributed by atoms with van der Waals surface area (Å²) >= 11 is 0. The fraction of sp³-hybridized carbons (Fsp3) is 0.143. The molecule has 0 amide bonds. The second-order valence-corrected chi connectivity index (χ2v) is 4.34. The Morgan fingerprint density at radius 3 is 1.69 bits per heavy atom. The lowest BCUT2D eigenvalue weighted by Gasteiger charge is -2.08. The number of nitrogens with zero attached hydrogens (tertiary/aromatic N) is 2. The van der Waals surface area contributed by atoms with Gasteiger partial charge in [0.1, 0.15) is 0 Å². The Labute approximate surface area is 93.4 Å². The molecule has 1 aliphatic heterocycles. The van der Waals surface area contributed by atoms with Crippen LogP contribution in [0.25, 0.3) is 21.8 Å². The molecule has 16 heavy (non-hydrogen) atoms. The average molecular weight is 208 g/mol. The minimum atomic E-state index is 1.07. The van der Waals surface area contributed by atoms with Gasteiger partial charge in [0.15, 0.2) is 12.4 Å². The highest BCUT2D eigenvalue weighted by atomic mass is 15.1. The first-order chi connectivity index (χ1) is 7.93. The van der Waals surface area contributed by atoms with Gasteiger partial charge in [-0.25, -0.2) is 0 Å². The van der Waals surface area contributed by atoms with Crippen molar-refractivity contribution in [2.24, 2.45) is 0 Å². The van der Waals surface area contributed by atoms with Crippen LogP contribution >= 0.6 is 0 Å². The van der Waals surface area contributed by atoms with Crippen molar-refractivity contribution in [2.45, 2.75) is 13.1 Å². The fourth-order valence-corrected chi connectivity index (χ4v) is 2.72. The summed E-state index contributed by atoms with van der Waals surface area (Å²) in [5.74, 6) is 0. The number of benzene rings is 1. The molecule has 0 N–H and O–H groups in total. The fourth-order valence-electron chi connectivity index (χ4n) is 2.72. The smallest absolute Gasteiger partial charge is 0.186 e. The van der Waals surface area contributed by atoms with Crippen molar-refractivity contribution >= 4 is 21.8 Å². The lowest BCUT2D eigenvalue weighted by molar-refractivity contribution is -0.771. The van der Waals surface area contributed by atoms with E-state index in [-0.39, 0.29) is 0 Å². The van der Waals surface area contributed by atoms with Gasteiger partial charge in [0, 0.05) is 12.1 Å². The number of hydrogen-bond acceptors (Lipinski definition) is 0. The molecule has 0 spiro atoms. The minimum Gasteiger partial charge on any atom is -0.186 e. The van der Waals surface area contributed by atoms with Crippen molar-refractivity contribution in [3.05, 3.63) is 48.8 Å². The van der Waals surface area contributed by atoms with E-state index >= 15 is 0 Å². The Kier molecular flexibility index (Phi) is 1.43. The number of aryl methyl sites for hydroxylation is 2. The van der Waals surface area contributed by atoms with E-state index in [0.717, 1.165) is 13.1 Å². The summed E-state index contributed by atoms with van der Waals surface area (Å²) in [6, 6.07) is 13.1. The molecule has 0 aliphatic carbocycles. The first kappa shape index (κ1) is 8.22. The van der Waals surface area contributed by atoms with Gasteiger partial charge >= 0.3 is 0 Å². The molecule has 4 rings (SSSR count). The maximum absolute atomic E-state index is 2.36. The Morgan fingerprint density at radius 2 is 1.19 bits per heavy atom. The molecule has 76 valence electrons. The van der Waals surface area contributed by atoms with Crippen LogP contribution in [-0.2, 0) is 13.1 Å². The highest BCUT2D eigenvalue weighted by Crippen LogP contribution is 2.20. The van der Waals surface area contributed by atoms with E-state index in [1.165, 1.54) is 21.8 Å². The predicted molar refractivity (Wildman–Crippen MR) is 61.8 cm³/mol. The Balaban J connectivity index is 2.40. The average Bonchev–Trinajstić information content (AvgIpc) is 2.36. The summed E-state index contributed by atoms with van der Waals surface area (Å²) in [4.78, 5) is 0. The first-order valence-electron chi connectivity index (χ1n) is 5.67. The lowest BCUT2D eigenvalue weighted by atomic mass is 10.1. The predicted octanol–water partition coefficient (Wildman–Crippen LogP) is 1.58. The van der Waals surface area contributed by atoms with Crippen LogP contribution in [0.2, 0.25) is 0 Å². The molecular weight excluding hydrogens is 196 g/mol. The van der Waals surface area contributed by atoms with Crippen molar-refractivity contribution in [3.8, 4) is 0 Å². The van der Waals surface area contributed by atoms with Gasteiger partial charge in [-0.1, -0.05) is 0 Å². The molecular formula is C14H12N2+2. The molecule has 3 aromatic rings. The van der Waals surface area contributed by atoms with Crippen LogP contribution in [0.4, 0.5) is 0 Å². The zero-order valence-electron chi connectivity index (χ0n) is 8.93. The Bertz CT molecular complexity index is 654. The molecule has 0 unspecified atom stereocenters. The van der Waals surface area contributed by atoms with Crippen molar-refractivity contribution in [1.29, 1.82) is 0 Å². The second-order valence-electron chi connectivity index (χ2n) is 4.34. The molecule has 0 fully saturated rings. The second kappa shape index (κ2) is 2.79. The molecule has 1 aromatic carbocycles. The van der Waals surface area contributed by atoms with Crippen molar-refractivity contribution in [3.63, 3.8) is 0 Å². The highest BCUT2D eigenvalue weighted by Gasteiger charge is 2.26. The van der Waals surface area contributed by atoms with E-state index < -0.39 is 0 Å². The van der Waals surface area contributed by atoms with E-state index in [4.69, 9.17) is 0 Å². The number of hydrogen-bond donors (Lipinski definition) is 0. The van der Waals surface area contributed by atoms with Crippen molar-refractivity contribution in [2.75, 3.05) is 0 Å². The highest BCUT2D eigenvalue weighted by molar-refractivity contribution is 5.98. The van der Waals surface area contributed by atoms with Crippen molar-refractivity contribution < 1.29 is 9.13 Å². The molecule has 1 aliphatic rings. The third-order valence-electron chi connectivity index (χ3n) is 3.45. The molecule has 0 bridgehead atoms. The standard InChI is InChI=1S/C14H12N2/c1-3-11-5-6-12-4-2-8-16-10-9-15(7-1)13(11)14(12)16/h1-8H,9-10H2/q+2. The molecule has 2 heteroatoms. The third kappa shape index (κ3) is 0.915. The number of pyridine rings is 2. The molecule has 3 heterocycles. The van der Waals surface area contributed by atoms with Gasteiger partial charge in [0.2, 0.25) is 13.1 Å². The molecule has 0 atom stereocenters. The van der Waals surface area contributed by atoms with Gasteiger partial charge in [0.05, 0.1) is 10.8 Å². The van der Waals surface area contributed by atoms with Crippen LogP contribution in [-0.4, -0.2) is 0 Å². The normalized spacial score (nSPS) is 13.8. The topological polar surface area (TPSA) is 7.76 Å². The van der Waals surface area contributed by atoms with Gasteiger partial charge in [-0.3, -0.25) is 0 Å². The third-order valence-corrected chi connectivity index (χ3v) is 3.45. The van der Waals surface area contributed by atoms with Gasteiger partial charge in [-0.2, -0.15) is 9.13 Å². The van der Waals surface area contributed by atoms with Crippen molar-refractivity contribution in [1.82, 2.24) is 0 Å². The van der Waals surface area contributed by atoms with Gasteiger partial charge in [-0.05, 0) is 24.3 Å². The maximum Gasteiger partial charge on any atom is 0.285 e. The zero-order valence-corrected chi connectivity index (χ0v) is 8.93. The Morgan fingerprint density at radius 1 is 0.688 bits per heavy atom. The zero-order chi connectivity index (χ0) is 10.5. The van der Waals surface area contributed by atoms with E-state index in [1.54, 1.807) is 0 Å². The summed E-state index contributed by atoms with van der Waals surface area (Å²) < 4.78 is 4.72. The summed E-state index contributed by atoms with van der Waals surface area (Å²) in [7, 11) is 0. The Hall–Kier alpha value is -1.96. The molecule has 0 saturated carbocycles. The number of rotatable bonds is 0. The van der Waals surface area contributed by atoms with Gasteiger partial charge in [-0.15, -0.1) is 0 Å². The van der Waals surface area contributed by atoms with Crippen LogP contribution in [0.15, 0.2) is 48.8 Å². The summed E-state index contributed by atoms with van der Waals surface area (Å²) in [5.41, 5.74) is 2.73. The number of aromatic nitrogens is 2. The molecule has 2 aromatic heterocycles. The van der Waals surface area contributed by atoms with Gasteiger partial charge in [0.25, 0.3) is 11.0 Å². The van der Waals surface area contributed by atoms with Crippen LogP contribution in [0.1, 0.15) is 0 Å². The minimum absolute atomic E-state index is 1.07. The summed E-state index contributed by atoms with van der Waals surface area (Å²) in [6.45, 7) is 2.14. The van der Waals surface area contributed by atoms with Crippen LogP contribution in [0.5, 0.6) is 0 Å². The van der Waals surface area contributed by atoms with E-state index in [9.17, 15) is 0 Å². The molecule has 0 saturated heterocycles. The quantitative estimate of drug-likeness (QED) is 0.391. The summed E-state index contributed by atoms with van der Waals surface area (Å²) in [6.07, 6.45) is 4.36. The monoisotopic (exact) mass is 208 g/mol. The SMILES string of the molecule is c1cc2ccc3ccc[n+]4c3c2[n+](c1)CC4. The van der Waals surface area contributed by atoms with E-state index in [1.807, 2.05) is 0 Å². The van der Waals surface area contributed by atoms with Gasteiger partial charge < -0.3 is 0 Å². The maximum atomic E-state index is 2.36. The lowest BCUT2D eigenvalue weighted by Crippen LogP contribution is -2.50. The van der Waals surface area contributed by atoms with Crippen LogP contribution in [0.3, 0.4) is 0 Å². The van der Waals surface area contributed by atoms with E-state index in [2.05, 4.69) is 57.9 Å². The van der Waals surface area contributed by atoms with E-state index in [0.29, 0.717) is 0 Å². The summed E-state index contributed by atoms with van der Waals surface area (Å²) in [5, 5.41) is 2.66.